The molecule has 6 nitrogen and oxygen atoms in total. The Kier molecular flexibility index (Phi) is 1.70. The van der Waals surface area contributed by atoms with Crippen LogP contribution < -0.4 is 10.2 Å². The van der Waals surface area contributed by atoms with Gasteiger partial charge in [-0.2, -0.15) is 0 Å². The highest BCUT2D eigenvalue weighted by atomic mass is 15.6. The second kappa shape index (κ2) is 2.91. The SMILES string of the molecule is Cn1nnnc1N1CC2CCC(C1)N2. The van der Waals surface area contributed by atoms with Crippen molar-refractivity contribution in [2.24, 2.45) is 7.05 Å². The van der Waals surface area contributed by atoms with Crippen LogP contribution in [0.4, 0.5) is 5.95 Å². The Morgan fingerprint density at radius 1 is 1.29 bits per heavy atom. The maximum absolute atomic E-state index is 4.04. The summed E-state index contributed by atoms with van der Waals surface area (Å²) >= 11 is 0. The minimum atomic E-state index is 0.630. The molecule has 0 spiro atoms. The molecule has 6 heteroatoms. The van der Waals surface area contributed by atoms with E-state index in [4.69, 9.17) is 0 Å². The van der Waals surface area contributed by atoms with E-state index in [1.165, 1.54) is 12.8 Å². The number of aryl methyl sites for hydroxylation is 1. The van der Waals surface area contributed by atoms with E-state index in [-0.39, 0.29) is 0 Å². The molecule has 2 unspecified atom stereocenters. The minimum absolute atomic E-state index is 0.630. The van der Waals surface area contributed by atoms with E-state index in [2.05, 4.69) is 25.7 Å². The molecule has 2 bridgehead atoms. The smallest absolute Gasteiger partial charge is 0.245 e. The number of fused-ring (bicyclic) bond motifs is 2. The van der Waals surface area contributed by atoms with Crippen molar-refractivity contribution in [1.29, 1.82) is 0 Å². The van der Waals surface area contributed by atoms with E-state index in [1.807, 2.05) is 7.05 Å². The summed E-state index contributed by atoms with van der Waals surface area (Å²) in [6.07, 6.45) is 2.57. The van der Waals surface area contributed by atoms with Crippen LogP contribution in [0.5, 0.6) is 0 Å². The monoisotopic (exact) mass is 194 g/mol. The van der Waals surface area contributed by atoms with Crippen LogP contribution >= 0.6 is 0 Å². The van der Waals surface area contributed by atoms with Crippen LogP contribution in [0.15, 0.2) is 0 Å². The second-order valence-corrected chi connectivity index (χ2v) is 4.15. The van der Waals surface area contributed by atoms with Crippen LogP contribution in [-0.2, 0) is 7.05 Å². The first kappa shape index (κ1) is 8.16. The van der Waals surface area contributed by atoms with E-state index in [0.717, 1.165) is 19.0 Å². The van der Waals surface area contributed by atoms with Crippen molar-refractivity contribution < 1.29 is 0 Å². The van der Waals surface area contributed by atoms with Gasteiger partial charge in [0.1, 0.15) is 0 Å². The molecule has 0 aliphatic carbocycles. The van der Waals surface area contributed by atoms with Gasteiger partial charge in [0.15, 0.2) is 0 Å². The first-order valence-electron chi connectivity index (χ1n) is 5.06. The number of piperazine rings is 1. The van der Waals surface area contributed by atoms with Crippen LogP contribution in [0.3, 0.4) is 0 Å². The molecule has 0 radical (unpaired) electrons. The Bertz CT molecular complexity index is 322. The van der Waals surface area contributed by atoms with Gasteiger partial charge < -0.3 is 10.2 Å². The lowest BCUT2D eigenvalue weighted by molar-refractivity contribution is 0.456. The molecule has 2 aliphatic rings. The lowest BCUT2D eigenvalue weighted by Gasteiger charge is -2.32. The number of tetrazole rings is 1. The van der Waals surface area contributed by atoms with Crippen molar-refractivity contribution in [3.05, 3.63) is 0 Å². The molecule has 2 atom stereocenters. The zero-order valence-electron chi connectivity index (χ0n) is 8.22. The second-order valence-electron chi connectivity index (χ2n) is 4.15. The summed E-state index contributed by atoms with van der Waals surface area (Å²) in [5.74, 6) is 0.892. The third kappa shape index (κ3) is 1.18. The van der Waals surface area contributed by atoms with Crippen molar-refractivity contribution in [3.8, 4) is 0 Å². The number of rotatable bonds is 1. The third-order valence-corrected chi connectivity index (χ3v) is 3.10. The molecule has 1 N–H and O–H groups in total. The van der Waals surface area contributed by atoms with E-state index >= 15 is 0 Å². The minimum Gasteiger partial charge on any atom is -0.337 e. The zero-order chi connectivity index (χ0) is 9.54. The summed E-state index contributed by atoms with van der Waals surface area (Å²) < 4.78 is 1.74. The molecular formula is C8H14N6. The van der Waals surface area contributed by atoms with Crippen LogP contribution in [0, 0.1) is 0 Å². The molecule has 2 aliphatic heterocycles. The number of hydrogen-bond acceptors (Lipinski definition) is 5. The Labute approximate surface area is 82.3 Å². The number of nitrogens with zero attached hydrogens (tertiary/aromatic N) is 5. The molecule has 1 aromatic rings. The molecule has 3 heterocycles. The van der Waals surface area contributed by atoms with Gasteiger partial charge in [0.05, 0.1) is 0 Å². The van der Waals surface area contributed by atoms with Crippen molar-refractivity contribution in [2.75, 3.05) is 18.0 Å². The topological polar surface area (TPSA) is 58.9 Å². The standard InChI is InChI=1S/C8H14N6/c1-13-8(10-11-12-13)14-4-6-2-3-7(5-14)9-6/h6-7,9H,2-5H2,1H3. The van der Waals surface area contributed by atoms with Crippen LogP contribution in [-0.4, -0.2) is 45.4 Å². The fourth-order valence-corrected chi connectivity index (χ4v) is 2.45. The molecule has 1 aromatic heterocycles. The summed E-state index contributed by atoms with van der Waals surface area (Å²) in [6, 6.07) is 1.26. The molecule has 14 heavy (non-hydrogen) atoms. The average Bonchev–Trinajstić information content (AvgIpc) is 2.73. The number of nitrogens with one attached hydrogen (secondary N) is 1. The molecule has 0 saturated carbocycles. The fourth-order valence-electron chi connectivity index (χ4n) is 2.45. The summed E-state index contributed by atoms with van der Waals surface area (Å²) in [5, 5.41) is 15.1. The van der Waals surface area contributed by atoms with Gasteiger partial charge >= 0.3 is 0 Å². The van der Waals surface area contributed by atoms with Crippen LogP contribution in [0.25, 0.3) is 0 Å². The van der Waals surface area contributed by atoms with Crippen LogP contribution in [0.2, 0.25) is 0 Å². The van der Waals surface area contributed by atoms with Crippen molar-refractivity contribution in [3.63, 3.8) is 0 Å². The van der Waals surface area contributed by atoms with Gasteiger partial charge in [-0.15, -0.1) is 0 Å². The highest BCUT2D eigenvalue weighted by Crippen LogP contribution is 2.22. The molecule has 76 valence electrons. The van der Waals surface area contributed by atoms with Gasteiger partial charge in [0, 0.05) is 32.2 Å². The molecule has 3 rings (SSSR count). The first-order valence-corrected chi connectivity index (χ1v) is 5.06. The van der Waals surface area contributed by atoms with Gasteiger partial charge in [-0.05, 0) is 23.3 Å². The fraction of sp³-hybridized carbons (Fsp3) is 0.875. The molecule has 0 amide bonds. The summed E-state index contributed by atoms with van der Waals surface area (Å²) in [5.41, 5.74) is 0. The number of hydrogen-bond donors (Lipinski definition) is 1. The largest absolute Gasteiger partial charge is 0.337 e. The van der Waals surface area contributed by atoms with Gasteiger partial charge in [0.2, 0.25) is 5.95 Å². The maximum Gasteiger partial charge on any atom is 0.245 e. The normalized spacial score (nSPS) is 31.1. The molecule has 2 saturated heterocycles. The van der Waals surface area contributed by atoms with Gasteiger partial charge in [-0.3, -0.25) is 0 Å². The van der Waals surface area contributed by atoms with Crippen molar-refractivity contribution >= 4 is 5.95 Å². The number of anilines is 1. The van der Waals surface area contributed by atoms with E-state index in [9.17, 15) is 0 Å². The third-order valence-electron chi connectivity index (χ3n) is 3.10. The Morgan fingerprint density at radius 2 is 2.00 bits per heavy atom. The molecule has 0 aromatic carbocycles. The summed E-state index contributed by atoms with van der Waals surface area (Å²) in [4.78, 5) is 2.28. The lowest BCUT2D eigenvalue weighted by atomic mass is 10.2. The molecule has 2 fully saturated rings. The Hall–Kier alpha value is -1.17. The predicted octanol–water partition coefficient (Wildman–Crippen LogP) is -0.849. The van der Waals surface area contributed by atoms with Gasteiger partial charge in [-0.1, -0.05) is 5.10 Å². The Balaban J connectivity index is 1.84. The van der Waals surface area contributed by atoms with Gasteiger partial charge in [-0.25, -0.2) is 4.68 Å². The quantitative estimate of drug-likeness (QED) is 0.631. The first-order chi connectivity index (χ1) is 6.83. The van der Waals surface area contributed by atoms with Gasteiger partial charge in [0.25, 0.3) is 0 Å². The summed E-state index contributed by atoms with van der Waals surface area (Å²) in [6.45, 7) is 2.06. The van der Waals surface area contributed by atoms with Crippen molar-refractivity contribution in [2.45, 2.75) is 24.9 Å². The highest BCUT2D eigenvalue weighted by Gasteiger charge is 2.33. The lowest BCUT2D eigenvalue weighted by Crippen LogP contribution is -2.51. The number of aromatic nitrogens is 4. The Morgan fingerprint density at radius 3 is 2.57 bits per heavy atom. The maximum atomic E-state index is 4.04. The summed E-state index contributed by atoms with van der Waals surface area (Å²) in [7, 11) is 1.89. The predicted molar refractivity (Wildman–Crippen MR) is 51.0 cm³/mol. The average molecular weight is 194 g/mol. The van der Waals surface area contributed by atoms with E-state index < -0.39 is 0 Å². The van der Waals surface area contributed by atoms with E-state index in [1.54, 1.807) is 4.68 Å². The zero-order valence-corrected chi connectivity index (χ0v) is 8.22. The highest BCUT2D eigenvalue weighted by molar-refractivity contribution is 5.31. The van der Waals surface area contributed by atoms with Crippen molar-refractivity contribution in [1.82, 2.24) is 25.5 Å². The van der Waals surface area contributed by atoms with E-state index in [0.29, 0.717) is 12.1 Å². The van der Waals surface area contributed by atoms with Crippen LogP contribution in [0.1, 0.15) is 12.8 Å². The molecular weight excluding hydrogens is 180 g/mol.